The highest BCUT2D eigenvalue weighted by molar-refractivity contribution is 5.78. The van der Waals surface area contributed by atoms with Crippen LogP contribution < -0.4 is 5.48 Å². The summed E-state index contributed by atoms with van der Waals surface area (Å²) in [5.41, 5.74) is 4.01. The Morgan fingerprint density at radius 1 is 1.44 bits per heavy atom. The highest BCUT2D eigenvalue weighted by Gasteiger charge is 2.49. The molecule has 1 N–H and O–H groups in total. The number of hydroxylamine groups is 1. The summed E-state index contributed by atoms with van der Waals surface area (Å²) in [4.78, 5) is 16.9. The first-order valence-electron chi connectivity index (χ1n) is 5.81. The zero-order valence-corrected chi connectivity index (χ0v) is 10.5. The van der Waals surface area contributed by atoms with E-state index in [1.165, 1.54) is 19.8 Å². The van der Waals surface area contributed by atoms with Crippen molar-refractivity contribution in [2.75, 3.05) is 14.2 Å². The first-order chi connectivity index (χ1) is 8.70. The van der Waals surface area contributed by atoms with E-state index >= 15 is 0 Å². The van der Waals surface area contributed by atoms with Crippen molar-refractivity contribution < 1.29 is 19.1 Å². The second-order valence-corrected chi connectivity index (χ2v) is 4.26. The van der Waals surface area contributed by atoms with Gasteiger partial charge in [0.25, 0.3) is 5.79 Å². The van der Waals surface area contributed by atoms with E-state index in [2.05, 4.69) is 5.48 Å². The summed E-state index contributed by atoms with van der Waals surface area (Å²) in [6, 6.07) is 10.0. The van der Waals surface area contributed by atoms with E-state index in [9.17, 15) is 4.79 Å². The Morgan fingerprint density at radius 2 is 2.17 bits per heavy atom. The molecule has 18 heavy (non-hydrogen) atoms. The first kappa shape index (κ1) is 13.0. The highest BCUT2D eigenvalue weighted by atomic mass is 16.8. The molecule has 0 saturated carbocycles. The predicted octanol–water partition coefficient (Wildman–Crippen LogP) is 1.04. The molecule has 2 rings (SSSR count). The SMILES string of the molecule is COC(=O)C1(OC)C[C@@H](Cc2ccccc2)NO1. The van der Waals surface area contributed by atoms with Crippen LogP contribution in [-0.4, -0.2) is 32.0 Å². The maximum absolute atomic E-state index is 11.7. The van der Waals surface area contributed by atoms with Gasteiger partial charge in [0.1, 0.15) is 0 Å². The van der Waals surface area contributed by atoms with Crippen LogP contribution in [0.1, 0.15) is 12.0 Å². The molecule has 0 aromatic heterocycles. The molecule has 0 amide bonds. The Morgan fingerprint density at radius 3 is 2.78 bits per heavy atom. The summed E-state index contributed by atoms with van der Waals surface area (Å²) in [6.07, 6.45) is 1.19. The van der Waals surface area contributed by atoms with E-state index in [1.54, 1.807) is 0 Å². The van der Waals surface area contributed by atoms with Gasteiger partial charge in [-0.25, -0.2) is 4.79 Å². The lowest BCUT2D eigenvalue weighted by Crippen LogP contribution is -2.42. The van der Waals surface area contributed by atoms with Crippen LogP contribution in [0.2, 0.25) is 0 Å². The molecule has 1 aromatic carbocycles. The third kappa shape index (κ3) is 2.53. The number of rotatable bonds is 4. The van der Waals surface area contributed by atoms with Crippen LogP contribution in [0, 0.1) is 0 Å². The van der Waals surface area contributed by atoms with Crippen molar-refractivity contribution in [1.29, 1.82) is 0 Å². The largest absolute Gasteiger partial charge is 0.465 e. The molecule has 0 bridgehead atoms. The van der Waals surface area contributed by atoms with E-state index in [4.69, 9.17) is 14.3 Å². The van der Waals surface area contributed by atoms with Crippen molar-refractivity contribution in [2.24, 2.45) is 0 Å². The maximum Gasteiger partial charge on any atom is 0.368 e. The number of nitrogens with one attached hydrogen (secondary N) is 1. The predicted molar refractivity (Wildman–Crippen MR) is 64.5 cm³/mol. The minimum absolute atomic E-state index is 0.0199. The number of methoxy groups -OCH3 is 2. The molecule has 0 radical (unpaired) electrons. The lowest BCUT2D eigenvalue weighted by Gasteiger charge is -2.21. The van der Waals surface area contributed by atoms with Crippen molar-refractivity contribution in [3.63, 3.8) is 0 Å². The summed E-state index contributed by atoms with van der Waals surface area (Å²) in [5, 5.41) is 0. The van der Waals surface area contributed by atoms with Crippen molar-refractivity contribution in [3.8, 4) is 0 Å². The lowest BCUT2D eigenvalue weighted by molar-refractivity contribution is -0.235. The molecule has 1 heterocycles. The Kier molecular flexibility index (Phi) is 3.96. The zero-order valence-electron chi connectivity index (χ0n) is 10.5. The van der Waals surface area contributed by atoms with Crippen LogP contribution in [0.3, 0.4) is 0 Å². The first-order valence-corrected chi connectivity index (χ1v) is 5.81. The lowest BCUT2D eigenvalue weighted by atomic mass is 10.0. The van der Waals surface area contributed by atoms with E-state index < -0.39 is 11.8 Å². The van der Waals surface area contributed by atoms with Crippen LogP contribution in [-0.2, 0) is 25.5 Å². The number of ether oxygens (including phenoxy) is 2. The molecular formula is C13H17NO4. The molecule has 5 nitrogen and oxygen atoms in total. The molecule has 0 spiro atoms. The normalized spacial score (nSPS) is 27.1. The van der Waals surface area contributed by atoms with Crippen LogP contribution in [0.4, 0.5) is 0 Å². The molecule has 2 atom stereocenters. The van der Waals surface area contributed by atoms with Gasteiger partial charge in [0, 0.05) is 19.6 Å². The molecule has 1 aliphatic heterocycles. The third-order valence-electron chi connectivity index (χ3n) is 3.06. The molecule has 1 aromatic rings. The quantitative estimate of drug-likeness (QED) is 0.810. The number of hydrogen-bond donors (Lipinski definition) is 1. The molecule has 1 saturated heterocycles. The van der Waals surface area contributed by atoms with E-state index in [0.29, 0.717) is 6.42 Å². The average molecular weight is 251 g/mol. The average Bonchev–Trinajstić information content (AvgIpc) is 2.83. The van der Waals surface area contributed by atoms with Gasteiger partial charge >= 0.3 is 5.97 Å². The summed E-state index contributed by atoms with van der Waals surface area (Å²) < 4.78 is 9.86. The fraction of sp³-hybridized carbons (Fsp3) is 0.462. The topological polar surface area (TPSA) is 56.8 Å². The smallest absolute Gasteiger partial charge is 0.368 e. The van der Waals surface area contributed by atoms with Gasteiger partial charge in [-0.2, -0.15) is 5.48 Å². The van der Waals surface area contributed by atoms with Gasteiger partial charge in [-0.05, 0) is 12.0 Å². The fourth-order valence-corrected chi connectivity index (χ4v) is 2.09. The van der Waals surface area contributed by atoms with Crippen LogP contribution in [0.15, 0.2) is 30.3 Å². The molecule has 1 fully saturated rings. The Labute approximate surface area is 106 Å². The van der Waals surface area contributed by atoms with E-state index in [-0.39, 0.29) is 6.04 Å². The zero-order chi connectivity index (χ0) is 13.0. The van der Waals surface area contributed by atoms with Gasteiger partial charge in [-0.3, -0.25) is 4.84 Å². The minimum Gasteiger partial charge on any atom is -0.465 e. The second-order valence-electron chi connectivity index (χ2n) is 4.26. The van der Waals surface area contributed by atoms with Gasteiger partial charge in [-0.1, -0.05) is 30.3 Å². The number of hydrogen-bond acceptors (Lipinski definition) is 5. The van der Waals surface area contributed by atoms with Gasteiger partial charge in [0.05, 0.1) is 7.11 Å². The molecule has 1 aliphatic rings. The Balaban J connectivity index is 2.01. The van der Waals surface area contributed by atoms with Gasteiger partial charge < -0.3 is 9.47 Å². The fourth-order valence-electron chi connectivity index (χ4n) is 2.09. The summed E-state index contributed by atoms with van der Waals surface area (Å²) in [5.74, 6) is -1.85. The highest BCUT2D eigenvalue weighted by Crippen LogP contribution is 2.27. The van der Waals surface area contributed by atoms with Crippen LogP contribution in [0.5, 0.6) is 0 Å². The van der Waals surface area contributed by atoms with E-state index in [1.807, 2.05) is 30.3 Å². The van der Waals surface area contributed by atoms with Crippen molar-refractivity contribution >= 4 is 5.97 Å². The molecule has 0 aliphatic carbocycles. The maximum atomic E-state index is 11.7. The molecule has 5 heteroatoms. The van der Waals surface area contributed by atoms with Gasteiger partial charge in [-0.15, -0.1) is 0 Å². The van der Waals surface area contributed by atoms with Gasteiger partial charge in [0.2, 0.25) is 0 Å². The van der Waals surface area contributed by atoms with Crippen molar-refractivity contribution in [1.82, 2.24) is 5.48 Å². The number of benzene rings is 1. The van der Waals surface area contributed by atoms with Crippen molar-refractivity contribution in [3.05, 3.63) is 35.9 Å². The van der Waals surface area contributed by atoms with E-state index in [0.717, 1.165) is 6.42 Å². The van der Waals surface area contributed by atoms with Crippen molar-refractivity contribution in [2.45, 2.75) is 24.7 Å². The molecular weight excluding hydrogens is 234 g/mol. The van der Waals surface area contributed by atoms with Crippen LogP contribution >= 0.6 is 0 Å². The monoisotopic (exact) mass is 251 g/mol. The Bertz CT molecular complexity index is 409. The minimum atomic E-state index is -1.33. The number of carbonyl (C=O) groups is 1. The third-order valence-corrected chi connectivity index (χ3v) is 3.06. The van der Waals surface area contributed by atoms with Gasteiger partial charge in [0.15, 0.2) is 0 Å². The Hall–Kier alpha value is -1.43. The second kappa shape index (κ2) is 5.48. The molecule has 98 valence electrons. The summed E-state index contributed by atoms with van der Waals surface area (Å²) >= 11 is 0. The summed E-state index contributed by atoms with van der Waals surface area (Å²) in [7, 11) is 2.75. The standard InChI is InChI=1S/C13H17NO4/c1-16-12(15)13(17-2)9-11(14-18-13)8-10-6-4-3-5-7-10/h3-7,11,14H,8-9H2,1-2H3/t11-,13?/m1/s1. The number of carbonyl (C=O) groups excluding carboxylic acids is 1. The molecule has 1 unspecified atom stereocenters. The summed E-state index contributed by atoms with van der Waals surface area (Å²) in [6.45, 7) is 0. The number of esters is 1. The van der Waals surface area contributed by atoms with Crippen LogP contribution in [0.25, 0.3) is 0 Å².